The minimum atomic E-state index is 0.397. The number of methoxy groups -OCH3 is 1. The Hall–Kier alpha value is -1.89. The van der Waals surface area contributed by atoms with Crippen LogP contribution in [0.25, 0.3) is 0 Å². The fraction of sp³-hybridized carbons (Fsp3) is 0.0714. The summed E-state index contributed by atoms with van der Waals surface area (Å²) in [5.41, 5.74) is 1.92. The van der Waals surface area contributed by atoms with Crippen LogP contribution in [0.3, 0.4) is 0 Å². The molecule has 0 saturated heterocycles. The fourth-order valence-corrected chi connectivity index (χ4v) is 2.01. The lowest BCUT2D eigenvalue weighted by Crippen LogP contribution is -1.95. The summed E-state index contributed by atoms with van der Waals surface area (Å²) < 4.78 is 5.24. The van der Waals surface area contributed by atoms with E-state index in [9.17, 15) is 0 Å². The van der Waals surface area contributed by atoms with Crippen LogP contribution >= 0.6 is 23.2 Å². The molecule has 0 atom stereocenters. The highest BCUT2D eigenvalue weighted by Crippen LogP contribution is 2.31. The number of benzene rings is 2. The number of hydrogen-bond acceptors (Lipinski definition) is 3. The van der Waals surface area contributed by atoms with Crippen molar-refractivity contribution < 1.29 is 4.74 Å². The molecule has 0 aromatic heterocycles. The highest BCUT2D eigenvalue weighted by molar-refractivity contribution is 6.32. The normalized spacial score (nSPS) is 9.79. The van der Waals surface area contributed by atoms with Crippen LogP contribution in [0.2, 0.25) is 10.0 Å². The summed E-state index contributed by atoms with van der Waals surface area (Å²) in [5.74, 6) is 0.671. The molecule has 2 aromatic rings. The minimum Gasteiger partial charge on any atom is -0.495 e. The number of rotatable bonds is 3. The van der Waals surface area contributed by atoms with E-state index >= 15 is 0 Å². The molecular formula is C14H10Cl2N2O. The first kappa shape index (κ1) is 13.5. The average Bonchev–Trinajstić information content (AvgIpc) is 2.39. The van der Waals surface area contributed by atoms with Gasteiger partial charge in [0, 0.05) is 10.7 Å². The highest BCUT2D eigenvalue weighted by atomic mass is 35.5. The van der Waals surface area contributed by atoms with Crippen LogP contribution in [0.1, 0.15) is 5.56 Å². The van der Waals surface area contributed by atoms with Gasteiger partial charge in [0.2, 0.25) is 0 Å². The summed E-state index contributed by atoms with van der Waals surface area (Å²) in [6.45, 7) is 0. The van der Waals surface area contributed by atoms with Crippen LogP contribution in [-0.2, 0) is 0 Å². The first-order valence-electron chi connectivity index (χ1n) is 5.44. The van der Waals surface area contributed by atoms with E-state index in [4.69, 9.17) is 33.2 Å². The van der Waals surface area contributed by atoms with E-state index in [2.05, 4.69) is 5.32 Å². The van der Waals surface area contributed by atoms with Gasteiger partial charge in [-0.25, -0.2) is 0 Å². The van der Waals surface area contributed by atoms with Crippen LogP contribution in [0, 0.1) is 11.3 Å². The van der Waals surface area contributed by atoms with E-state index in [1.165, 1.54) is 0 Å². The summed E-state index contributed by atoms with van der Waals surface area (Å²) >= 11 is 11.9. The maximum atomic E-state index is 8.83. The monoisotopic (exact) mass is 292 g/mol. The van der Waals surface area contributed by atoms with Gasteiger partial charge in [-0.2, -0.15) is 5.26 Å². The van der Waals surface area contributed by atoms with Gasteiger partial charge in [0.05, 0.1) is 23.4 Å². The van der Waals surface area contributed by atoms with Crippen molar-refractivity contribution in [2.75, 3.05) is 12.4 Å². The number of nitrogens with one attached hydrogen (secondary N) is 1. The SMILES string of the molecule is COc1ccc(Cl)cc1Nc1ccc(C#N)c(Cl)c1. The van der Waals surface area contributed by atoms with Crippen molar-refractivity contribution >= 4 is 34.6 Å². The summed E-state index contributed by atoms with van der Waals surface area (Å²) in [7, 11) is 1.58. The van der Waals surface area contributed by atoms with Gasteiger partial charge in [-0.3, -0.25) is 0 Å². The summed E-state index contributed by atoms with van der Waals surface area (Å²) in [6.07, 6.45) is 0. The average molecular weight is 293 g/mol. The molecule has 0 saturated carbocycles. The molecule has 0 bridgehead atoms. The quantitative estimate of drug-likeness (QED) is 0.898. The van der Waals surface area contributed by atoms with Gasteiger partial charge in [-0.15, -0.1) is 0 Å². The van der Waals surface area contributed by atoms with Crippen molar-refractivity contribution in [1.29, 1.82) is 5.26 Å². The summed E-state index contributed by atoms with van der Waals surface area (Å²) in [4.78, 5) is 0. The Kier molecular flexibility index (Phi) is 4.16. The standard InChI is InChI=1S/C14H10Cl2N2O/c1-19-14-5-3-10(15)6-13(14)18-11-4-2-9(8-17)12(16)7-11/h2-7,18H,1H3. The maximum absolute atomic E-state index is 8.83. The Labute approximate surface area is 121 Å². The minimum absolute atomic E-state index is 0.397. The third kappa shape index (κ3) is 3.11. The predicted molar refractivity (Wildman–Crippen MR) is 77.5 cm³/mol. The third-order valence-electron chi connectivity index (χ3n) is 2.53. The first-order valence-corrected chi connectivity index (χ1v) is 6.20. The third-order valence-corrected chi connectivity index (χ3v) is 3.08. The van der Waals surface area contributed by atoms with Gasteiger partial charge >= 0.3 is 0 Å². The zero-order chi connectivity index (χ0) is 13.8. The van der Waals surface area contributed by atoms with Crippen molar-refractivity contribution in [3.8, 4) is 11.8 Å². The molecule has 0 aliphatic heterocycles. The Morgan fingerprint density at radius 3 is 2.58 bits per heavy atom. The lowest BCUT2D eigenvalue weighted by molar-refractivity contribution is 0.417. The van der Waals surface area contributed by atoms with E-state index in [0.29, 0.717) is 21.4 Å². The predicted octanol–water partition coefficient (Wildman–Crippen LogP) is 4.62. The van der Waals surface area contributed by atoms with Crippen molar-refractivity contribution in [3.05, 3.63) is 52.0 Å². The van der Waals surface area contributed by atoms with Crippen molar-refractivity contribution in [2.24, 2.45) is 0 Å². The van der Waals surface area contributed by atoms with Gasteiger partial charge in [0.1, 0.15) is 11.8 Å². The second kappa shape index (κ2) is 5.83. The van der Waals surface area contributed by atoms with E-state index < -0.39 is 0 Å². The lowest BCUT2D eigenvalue weighted by Gasteiger charge is -2.12. The number of halogens is 2. The number of nitriles is 1. The van der Waals surface area contributed by atoms with Gasteiger partial charge in [-0.1, -0.05) is 23.2 Å². The zero-order valence-corrected chi connectivity index (χ0v) is 11.6. The Bertz CT molecular complexity index is 650. The molecule has 0 spiro atoms. The van der Waals surface area contributed by atoms with E-state index in [-0.39, 0.29) is 0 Å². The molecule has 0 heterocycles. The number of anilines is 2. The van der Waals surface area contributed by atoms with Gasteiger partial charge in [0.15, 0.2) is 0 Å². The highest BCUT2D eigenvalue weighted by Gasteiger charge is 2.06. The molecular weight excluding hydrogens is 283 g/mol. The second-order valence-electron chi connectivity index (χ2n) is 3.78. The molecule has 19 heavy (non-hydrogen) atoms. The van der Waals surface area contributed by atoms with E-state index in [1.807, 2.05) is 6.07 Å². The van der Waals surface area contributed by atoms with E-state index in [1.54, 1.807) is 43.5 Å². The largest absolute Gasteiger partial charge is 0.495 e. The molecule has 0 radical (unpaired) electrons. The smallest absolute Gasteiger partial charge is 0.142 e. The summed E-state index contributed by atoms with van der Waals surface area (Å²) in [6, 6.07) is 12.4. The van der Waals surface area contributed by atoms with Crippen molar-refractivity contribution in [2.45, 2.75) is 0 Å². The van der Waals surface area contributed by atoms with Crippen LogP contribution in [-0.4, -0.2) is 7.11 Å². The van der Waals surface area contributed by atoms with Crippen molar-refractivity contribution in [3.63, 3.8) is 0 Å². The molecule has 0 fully saturated rings. The van der Waals surface area contributed by atoms with Crippen LogP contribution in [0.15, 0.2) is 36.4 Å². The molecule has 0 amide bonds. The number of hydrogen-bond donors (Lipinski definition) is 1. The van der Waals surface area contributed by atoms with E-state index in [0.717, 1.165) is 11.4 Å². The number of ether oxygens (including phenoxy) is 1. The molecule has 1 N–H and O–H groups in total. The molecule has 0 unspecified atom stereocenters. The maximum Gasteiger partial charge on any atom is 0.142 e. The van der Waals surface area contributed by atoms with Crippen molar-refractivity contribution in [1.82, 2.24) is 0 Å². The molecule has 96 valence electrons. The van der Waals surface area contributed by atoms with Crippen LogP contribution in [0.4, 0.5) is 11.4 Å². The second-order valence-corrected chi connectivity index (χ2v) is 4.62. The number of nitrogens with zero attached hydrogens (tertiary/aromatic N) is 1. The summed E-state index contributed by atoms with van der Waals surface area (Å²) in [5, 5.41) is 13.0. The van der Waals surface area contributed by atoms with Gasteiger partial charge < -0.3 is 10.1 Å². The Morgan fingerprint density at radius 2 is 1.95 bits per heavy atom. The molecule has 2 aromatic carbocycles. The Morgan fingerprint density at radius 1 is 1.16 bits per heavy atom. The van der Waals surface area contributed by atoms with Crippen LogP contribution < -0.4 is 10.1 Å². The fourth-order valence-electron chi connectivity index (χ4n) is 1.62. The van der Waals surface area contributed by atoms with Gasteiger partial charge in [-0.05, 0) is 36.4 Å². The molecule has 2 rings (SSSR count). The van der Waals surface area contributed by atoms with Crippen LogP contribution in [0.5, 0.6) is 5.75 Å². The molecule has 3 nitrogen and oxygen atoms in total. The Balaban J connectivity index is 2.33. The topological polar surface area (TPSA) is 45.0 Å². The molecule has 0 aliphatic carbocycles. The first-order chi connectivity index (χ1) is 9.13. The van der Waals surface area contributed by atoms with Gasteiger partial charge in [0.25, 0.3) is 0 Å². The lowest BCUT2D eigenvalue weighted by atomic mass is 10.2. The zero-order valence-electron chi connectivity index (χ0n) is 10.1. The molecule has 0 aliphatic rings. The molecule has 5 heteroatoms.